The van der Waals surface area contributed by atoms with Crippen LogP contribution in [0.1, 0.15) is 5.56 Å². The van der Waals surface area contributed by atoms with Gasteiger partial charge in [0.15, 0.2) is 12.0 Å². The third-order valence-corrected chi connectivity index (χ3v) is 2.86. The number of hydrazone groups is 1. The van der Waals surface area contributed by atoms with Crippen molar-refractivity contribution < 1.29 is 15.1 Å². The molecule has 0 aliphatic carbocycles. The number of benzene rings is 2. The highest BCUT2D eigenvalue weighted by Crippen LogP contribution is 2.25. The molecular weight excluding hydrogens is 304 g/mol. The number of hydrogen-bond donors (Lipinski definition) is 4. The van der Waals surface area contributed by atoms with Crippen LogP contribution in [0.25, 0.3) is 0 Å². The normalized spacial score (nSPS) is 10.4. The average Bonchev–Trinajstić information content (AvgIpc) is 2.49. The number of para-hydroxylation sites is 1. The van der Waals surface area contributed by atoms with E-state index in [4.69, 9.17) is 12.2 Å². The van der Waals surface area contributed by atoms with Gasteiger partial charge in [0, 0.05) is 17.3 Å². The Bertz CT molecular complexity index is 719. The Hall–Kier alpha value is -3.00. The first-order valence-electron chi connectivity index (χ1n) is 6.24. The second kappa shape index (κ2) is 7.14. The van der Waals surface area contributed by atoms with Gasteiger partial charge in [-0.2, -0.15) is 0 Å². The number of hydrazine groups is 1. The van der Waals surface area contributed by atoms with Crippen molar-refractivity contribution in [3.05, 3.63) is 64.2 Å². The quantitative estimate of drug-likeness (QED) is 0.287. The lowest BCUT2D eigenvalue weighted by Crippen LogP contribution is -2.82. The maximum Gasteiger partial charge on any atom is 0.311 e. The van der Waals surface area contributed by atoms with Crippen LogP contribution in [0.5, 0.6) is 5.75 Å². The minimum absolute atomic E-state index is 0.343. The van der Waals surface area contributed by atoms with Crippen molar-refractivity contribution in [2.24, 2.45) is 0 Å². The number of hydrogen-bond acceptors (Lipinski definition) is 4. The predicted octanol–water partition coefficient (Wildman–Crippen LogP) is 0.701. The molecule has 0 saturated heterocycles. The second-order valence-electron chi connectivity index (χ2n) is 4.24. The zero-order chi connectivity index (χ0) is 15.9. The van der Waals surface area contributed by atoms with Gasteiger partial charge in [-0.3, -0.25) is 10.1 Å². The molecule has 8 heteroatoms. The van der Waals surface area contributed by atoms with Crippen LogP contribution in [0.4, 0.5) is 11.4 Å². The van der Waals surface area contributed by atoms with Gasteiger partial charge < -0.3 is 10.4 Å². The smallest absolute Gasteiger partial charge is 0.311 e. The molecule has 0 amide bonds. The van der Waals surface area contributed by atoms with Crippen LogP contribution in [0, 0.1) is 10.1 Å². The number of phenols is 1. The third-order valence-electron chi connectivity index (χ3n) is 2.65. The number of nitrogens with one attached hydrogen (secondary N) is 3. The molecule has 0 aliphatic rings. The maximum atomic E-state index is 10.7. The zero-order valence-corrected chi connectivity index (χ0v) is 12.1. The number of thiocarbonyl (C=S) groups is 1. The summed E-state index contributed by atoms with van der Waals surface area (Å²) < 4.78 is 0. The molecular formula is C14H13N4O3S+. The Kier molecular flexibility index (Phi) is 4.99. The molecule has 2 aromatic rings. The van der Waals surface area contributed by atoms with E-state index >= 15 is 0 Å². The summed E-state index contributed by atoms with van der Waals surface area (Å²) in [5.74, 6) is -0.378. The van der Waals surface area contributed by atoms with Crippen molar-refractivity contribution in [2.45, 2.75) is 0 Å². The van der Waals surface area contributed by atoms with Crippen molar-refractivity contribution in [1.29, 1.82) is 0 Å². The summed E-state index contributed by atoms with van der Waals surface area (Å²) in [5.41, 5.74) is 3.71. The summed E-state index contributed by atoms with van der Waals surface area (Å²) >= 11 is 5.09. The van der Waals surface area contributed by atoms with Crippen molar-refractivity contribution in [1.82, 2.24) is 5.43 Å². The molecule has 0 saturated carbocycles. The van der Waals surface area contributed by atoms with E-state index in [1.165, 1.54) is 24.4 Å². The van der Waals surface area contributed by atoms with E-state index in [-0.39, 0.29) is 11.4 Å². The molecule has 2 rings (SSSR count). The first-order chi connectivity index (χ1) is 10.6. The summed E-state index contributed by atoms with van der Waals surface area (Å²) in [6, 6.07) is 13.4. The van der Waals surface area contributed by atoms with E-state index in [0.29, 0.717) is 10.7 Å². The minimum Gasteiger partial charge on any atom is -0.502 e. The Morgan fingerprint density at radius 1 is 1.27 bits per heavy atom. The summed E-state index contributed by atoms with van der Waals surface area (Å²) in [4.78, 5) is 10.1. The van der Waals surface area contributed by atoms with Crippen LogP contribution in [0.15, 0.2) is 48.5 Å². The fourth-order valence-corrected chi connectivity index (χ4v) is 1.82. The fourth-order valence-electron chi connectivity index (χ4n) is 1.65. The van der Waals surface area contributed by atoms with E-state index < -0.39 is 4.92 Å². The average molecular weight is 317 g/mol. The monoisotopic (exact) mass is 317 g/mol. The molecule has 0 heterocycles. The highest BCUT2D eigenvalue weighted by Gasteiger charge is 2.13. The van der Waals surface area contributed by atoms with Crippen molar-refractivity contribution in [3.63, 3.8) is 0 Å². The Morgan fingerprint density at radius 2 is 2.00 bits per heavy atom. The van der Waals surface area contributed by atoms with Crippen LogP contribution < -0.4 is 15.8 Å². The third kappa shape index (κ3) is 4.25. The summed E-state index contributed by atoms with van der Waals surface area (Å²) in [5, 5.41) is 26.1. The molecule has 0 aliphatic heterocycles. The molecule has 0 bridgehead atoms. The molecule has 0 fully saturated rings. The number of phenolic OH excluding ortho intramolecular Hbond substituents is 1. The maximum absolute atomic E-state index is 10.7. The number of anilines is 1. The number of nitro benzene ring substituents is 1. The van der Waals surface area contributed by atoms with E-state index in [1.807, 2.05) is 30.3 Å². The Morgan fingerprint density at radius 3 is 2.68 bits per heavy atom. The second-order valence-corrected chi connectivity index (χ2v) is 4.65. The van der Waals surface area contributed by atoms with E-state index in [0.717, 1.165) is 5.69 Å². The van der Waals surface area contributed by atoms with Crippen LogP contribution in [-0.4, -0.2) is 21.4 Å². The molecule has 4 N–H and O–H groups in total. The molecule has 0 spiro atoms. The highest BCUT2D eigenvalue weighted by molar-refractivity contribution is 7.80. The lowest BCUT2D eigenvalue weighted by Gasteiger charge is -2.03. The van der Waals surface area contributed by atoms with Gasteiger partial charge in [0.2, 0.25) is 5.11 Å². The van der Waals surface area contributed by atoms with Gasteiger partial charge in [0.1, 0.15) is 0 Å². The zero-order valence-electron chi connectivity index (χ0n) is 11.3. The number of nitro groups is 1. The Labute approximate surface area is 131 Å². The minimum atomic E-state index is -0.651. The molecule has 7 nitrogen and oxygen atoms in total. The predicted molar refractivity (Wildman–Crippen MR) is 86.7 cm³/mol. The lowest BCUT2D eigenvalue weighted by molar-refractivity contribution is -0.499. The lowest BCUT2D eigenvalue weighted by atomic mass is 10.2. The topological polar surface area (TPSA) is 101 Å². The standard InChI is InChI=1S/C14H12N4O3S/c19-13-7-6-10(8-12(13)18(20)21)9-15-17-14(22)16-11-4-2-1-3-5-11/h1-9,19H,(H2,16,17,22)/p+1/b15-9+. The SMILES string of the molecule is O=[N+]([O-])c1cc(/C=[NH+]/NC(=S)Nc2ccccc2)ccc1O. The fraction of sp³-hybridized carbons (Fsp3) is 0. The summed E-state index contributed by atoms with van der Waals surface area (Å²) in [6.45, 7) is 0. The van der Waals surface area contributed by atoms with Crippen LogP contribution in [-0.2, 0) is 0 Å². The van der Waals surface area contributed by atoms with E-state index in [9.17, 15) is 15.2 Å². The van der Waals surface area contributed by atoms with Gasteiger partial charge >= 0.3 is 5.69 Å². The van der Waals surface area contributed by atoms with Gasteiger partial charge in [0.05, 0.1) is 4.92 Å². The largest absolute Gasteiger partial charge is 0.502 e. The van der Waals surface area contributed by atoms with Crippen molar-refractivity contribution in [3.8, 4) is 5.75 Å². The van der Waals surface area contributed by atoms with E-state index in [2.05, 4.69) is 15.8 Å². The van der Waals surface area contributed by atoms with Crippen LogP contribution in [0.2, 0.25) is 0 Å². The molecule has 112 valence electrons. The first kappa shape index (κ1) is 15.4. The van der Waals surface area contributed by atoms with Crippen molar-refractivity contribution in [2.75, 3.05) is 5.32 Å². The molecule has 0 radical (unpaired) electrons. The van der Waals surface area contributed by atoms with Crippen LogP contribution >= 0.6 is 12.2 Å². The molecule has 2 aromatic carbocycles. The van der Waals surface area contributed by atoms with Gasteiger partial charge in [-0.1, -0.05) is 18.2 Å². The number of aromatic hydroxyl groups is 1. The number of nitrogens with zero attached hydrogens (tertiary/aromatic N) is 1. The summed E-state index contributed by atoms with van der Waals surface area (Å²) in [6.07, 6.45) is 1.49. The van der Waals surface area contributed by atoms with Gasteiger partial charge in [0.25, 0.3) is 0 Å². The van der Waals surface area contributed by atoms with E-state index in [1.54, 1.807) is 0 Å². The van der Waals surface area contributed by atoms with Crippen LogP contribution in [0.3, 0.4) is 0 Å². The van der Waals surface area contributed by atoms with Gasteiger partial charge in [-0.05, 0) is 36.5 Å². The van der Waals surface area contributed by atoms with Gasteiger partial charge in [-0.25, -0.2) is 0 Å². The highest BCUT2D eigenvalue weighted by atomic mass is 32.1. The Balaban J connectivity index is 1.96. The molecule has 0 aromatic heterocycles. The summed E-state index contributed by atoms with van der Waals surface area (Å²) in [7, 11) is 0. The first-order valence-corrected chi connectivity index (χ1v) is 6.65. The number of rotatable bonds is 4. The van der Waals surface area contributed by atoms with Gasteiger partial charge in [-0.15, -0.1) is 10.5 Å². The molecule has 22 heavy (non-hydrogen) atoms. The molecule has 0 atom stereocenters. The molecule has 0 unspecified atom stereocenters. The van der Waals surface area contributed by atoms with Crippen molar-refractivity contribution >= 4 is 34.9 Å².